The zero-order valence-corrected chi connectivity index (χ0v) is 8.99. The van der Waals surface area contributed by atoms with Crippen LogP contribution in [0.3, 0.4) is 0 Å². The summed E-state index contributed by atoms with van der Waals surface area (Å²) in [5, 5.41) is 2.93. The molecular weight excluding hydrogens is 186 g/mol. The highest BCUT2D eigenvalue weighted by atomic mass is 15.2. The van der Waals surface area contributed by atoms with Gasteiger partial charge in [0.15, 0.2) is 6.29 Å². The molecule has 3 heteroatoms. The number of nitrogens with one attached hydrogen (secondary N) is 1. The molecule has 3 N–H and O–H groups in total. The van der Waals surface area contributed by atoms with Gasteiger partial charge in [-0.1, -0.05) is 18.2 Å². The quantitative estimate of drug-likeness (QED) is 0.722. The van der Waals surface area contributed by atoms with Crippen molar-refractivity contribution in [3.05, 3.63) is 47.2 Å². The van der Waals surface area contributed by atoms with E-state index in [2.05, 4.69) is 42.4 Å². The molecule has 0 saturated carbocycles. The highest BCUT2D eigenvalue weighted by Crippen LogP contribution is 2.16. The lowest BCUT2D eigenvalue weighted by Gasteiger charge is -2.16. The van der Waals surface area contributed by atoms with Crippen molar-refractivity contribution in [2.75, 3.05) is 0 Å². The largest absolute Gasteiger partial charge is 0.358 e. The molecule has 3 nitrogen and oxygen atoms in total. The molecule has 1 atom stereocenters. The highest BCUT2D eigenvalue weighted by Gasteiger charge is 2.11. The van der Waals surface area contributed by atoms with E-state index in [0.717, 1.165) is 5.71 Å². The van der Waals surface area contributed by atoms with Gasteiger partial charge in [-0.3, -0.25) is 5.73 Å². The van der Waals surface area contributed by atoms with Gasteiger partial charge >= 0.3 is 0 Å². The van der Waals surface area contributed by atoms with Crippen LogP contribution in [0, 0.1) is 13.8 Å². The van der Waals surface area contributed by atoms with Crippen LogP contribution in [-0.2, 0) is 0 Å². The Balaban J connectivity index is 2.50. The van der Waals surface area contributed by atoms with E-state index in [-0.39, 0.29) is 6.29 Å². The first-order valence-corrected chi connectivity index (χ1v) is 5.01. The Kier molecular flexibility index (Phi) is 2.56. The molecular formula is C12H15N3. The first-order chi connectivity index (χ1) is 7.18. The lowest BCUT2D eigenvalue weighted by atomic mass is 9.98. The normalized spacial score (nSPS) is 19.7. The number of aliphatic imine (C=N–C) groups is 1. The lowest BCUT2D eigenvalue weighted by molar-refractivity contribution is 0.636. The zero-order chi connectivity index (χ0) is 10.8. The van der Waals surface area contributed by atoms with Crippen LogP contribution in [0.4, 0.5) is 0 Å². The number of hydrogen-bond donors (Lipinski definition) is 2. The molecule has 0 spiro atoms. The Hall–Kier alpha value is -1.61. The van der Waals surface area contributed by atoms with Crippen LogP contribution in [0.25, 0.3) is 0 Å². The highest BCUT2D eigenvalue weighted by molar-refractivity contribution is 6.10. The van der Waals surface area contributed by atoms with Crippen molar-refractivity contribution in [1.29, 1.82) is 0 Å². The summed E-state index contributed by atoms with van der Waals surface area (Å²) in [6.07, 6.45) is 3.47. The molecule has 0 saturated heterocycles. The minimum atomic E-state index is -0.330. The third-order valence-electron chi connectivity index (χ3n) is 2.52. The molecule has 0 radical (unpaired) electrons. The second-order valence-electron chi connectivity index (χ2n) is 3.73. The molecule has 1 aliphatic rings. The van der Waals surface area contributed by atoms with Crippen LogP contribution in [-0.4, -0.2) is 12.0 Å². The molecule has 1 heterocycles. The fourth-order valence-electron chi connectivity index (χ4n) is 1.82. The molecule has 0 aliphatic carbocycles. The number of benzene rings is 1. The van der Waals surface area contributed by atoms with Gasteiger partial charge in [0.1, 0.15) is 0 Å². The zero-order valence-electron chi connectivity index (χ0n) is 8.99. The van der Waals surface area contributed by atoms with E-state index in [0.29, 0.717) is 0 Å². The summed E-state index contributed by atoms with van der Waals surface area (Å²) in [6.45, 7) is 4.18. The van der Waals surface area contributed by atoms with Crippen LogP contribution < -0.4 is 11.1 Å². The van der Waals surface area contributed by atoms with E-state index < -0.39 is 0 Å². The smallest absolute Gasteiger partial charge is 0.171 e. The van der Waals surface area contributed by atoms with E-state index >= 15 is 0 Å². The third-order valence-corrected chi connectivity index (χ3v) is 2.52. The number of rotatable bonds is 1. The number of nitrogens with zero attached hydrogens (tertiary/aromatic N) is 1. The van der Waals surface area contributed by atoms with Crippen LogP contribution in [0.15, 0.2) is 35.5 Å². The predicted molar refractivity (Wildman–Crippen MR) is 62.7 cm³/mol. The maximum absolute atomic E-state index is 5.71. The summed E-state index contributed by atoms with van der Waals surface area (Å²) >= 11 is 0. The summed E-state index contributed by atoms with van der Waals surface area (Å²) in [7, 11) is 0. The lowest BCUT2D eigenvalue weighted by Crippen LogP contribution is -2.35. The number of allylic oxidation sites excluding steroid dienone is 1. The maximum atomic E-state index is 5.71. The third kappa shape index (κ3) is 1.92. The number of hydrogen-bond acceptors (Lipinski definition) is 3. The van der Waals surface area contributed by atoms with Crippen molar-refractivity contribution in [3.8, 4) is 0 Å². The predicted octanol–water partition coefficient (Wildman–Crippen LogP) is 1.45. The van der Waals surface area contributed by atoms with Gasteiger partial charge in [0, 0.05) is 11.8 Å². The summed E-state index contributed by atoms with van der Waals surface area (Å²) in [5.41, 5.74) is 10.3. The monoisotopic (exact) mass is 201 g/mol. The molecule has 0 fully saturated rings. The van der Waals surface area contributed by atoms with Crippen molar-refractivity contribution < 1.29 is 0 Å². The van der Waals surface area contributed by atoms with Crippen molar-refractivity contribution in [1.82, 2.24) is 5.32 Å². The molecule has 1 aliphatic heterocycles. The SMILES string of the molecule is Cc1cccc(C)c1C1=NC(N)NC=C1. The molecule has 1 unspecified atom stereocenters. The Labute approximate surface area is 89.7 Å². The molecule has 1 aromatic rings. The Bertz CT molecular complexity index is 412. The molecule has 0 aromatic heterocycles. The standard InChI is InChI=1S/C12H15N3/c1-8-4-3-5-9(2)11(8)10-6-7-14-12(13)15-10/h3-7,12,14H,13H2,1-2H3. The van der Waals surface area contributed by atoms with Crippen molar-refractivity contribution in [2.24, 2.45) is 10.7 Å². The number of nitrogens with two attached hydrogens (primary N) is 1. The molecule has 1 aromatic carbocycles. The second kappa shape index (κ2) is 3.87. The van der Waals surface area contributed by atoms with E-state index in [1.54, 1.807) is 0 Å². The average molecular weight is 201 g/mol. The summed E-state index contributed by atoms with van der Waals surface area (Å²) in [4.78, 5) is 4.37. The molecule has 78 valence electrons. The maximum Gasteiger partial charge on any atom is 0.171 e. The molecule has 2 rings (SSSR count). The van der Waals surface area contributed by atoms with Crippen LogP contribution >= 0.6 is 0 Å². The van der Waals surface area contributed by atoms with Gasteiger partial charge in [0.05, 0.1) is 5.71 Å². The van der Waals surface area contributed by atoms with Gasteiger partial charge in [-0.05, 0) is 31.1 Å². The minimum Gasteiger partial charge on any atom is -0.358 e. The van der Waals surface area contributed by atoms with Gasteiger partial charge in [-0.25, -0.2) is 4.99 Å². The van der Waals surface area contributed by atoms with E-state index in [4.69, 9.17) is 5.73 Å². The van der Waals surface area contributed by atoms with Crippen LogP contribution in [0.2, 0.25) is 0 Å². The Morgan fingerprint density at radius 1 is 1.27 bits per heavy atom. The van der Waals surface area contributed by atoms with Crippen molar-refractivity contribution in [2.45, 2.75) is 20.1 Å². The second-order valence-corrected chi connectivity index (χ2v) is 3.73. The molecule has 15 heavy (non-hydrogen) atoms. The topological polar surface area (TPSA) is 50.4 Å². The number of aryl methyl sites for hydroxylation is 2. The van der Waals surface area contributed by atoms with Gasteiger partial charge in [0.2, 0.25) is 0 Å². The van der Waals surface area contributed by atoms with Gasteiger partial charge in [0.25, 0.3) is 0 Å². The van der Waals surface area contributed by atoms with E-state index in [1.807, 2.05) is 12.3 Å². The summed E-state index contributed by atoms with van der Waals surface area (Å²) < 4.78 is 0. The Morgan fingerprint density at radius 2 is 1.93 bits per heavy atom. The average Bonchev–Trinajstić information content (AvgIpc) is 2.17. The van der Waals surface area contributed by atoms with Crippen molar-refractivity contribution >= 4 is 5.71 Å². The minimum absolute atomic E-state index is 0.330. The fraction of sp³-hybridized carbons (Fsp3) is 0.250. The summed E-state index contributed by atoms with van der Waals surface area (Å²) in [6, 6.07) is 6.23. The fourth-order valence-corrected chi connectivity index (χ4v) is 1.82. The van der Waals surface area contributed by atoms with Gasteiger partial charge < -0.3 is 5.32 Å². The summed E-state index contributed by atoms with van der Waals surface area (Å²) in [5.74, 6) is 0. The van der Waals surface area contributed by atoms with E-state index in [9.17, 15) is 0 Å². The molecule has 0 bridgehead atoms. The van der Waals surface area contributed by atoms with Crippen molar-refractivity contribution in [3.63, 3.8) is 0 Å². The Morgan fingerprint density at radius 3 is 2.53 bits per heavy atom. The first kappa shape index (κ1) is 9.93. The van der Waals surface area contributed by atoms with Gasteiger partial charge in [-0.2, -0.15) is 0 Å². The van der Waals surface area contributed by atoms with Crippen LogP contribution in [0.1, 0.15) is 16.7 Å². The van der Waals surface area contributed by atoms with Gasteiger partial charge in [-0.15, -0.1) is 0 Å². The molecule has 0 amide bonds. The van der Waals surface area contributed by atoms with Crippen LogP contribution in [0.5, 0.6) is 0 Å². The van der Waals surface area contributed by atoms with E-state index in [1.165, 1.54) is 16.7 Å². The first-order valence-electron chi connectivity index (χ1n) is 5.01.